The quantitative estimate of drug-likeness (QED) is 0.469. The Morgan fingerprint density at radius 2 is 1.29 bits per heavy atom. The van der Waals surface area contributed by atoms with Crippen molar-refractivity contribution in [1.82, 2.24) is 0 Å². The van der Waals surface area contributed by atoms with Crippen LogP contribution in [0, 0.1) is 0 Å². The van der Waals surface area contributed by atoms with E-state index in [1.807, 2.05) is 18.2 Å². The van der Waals surface area contributed by atoms with Gasteiger partial charge in [0.15, 0.2) is 0 Å². The van der Waals surface area contributed by atoms with Crippen LogP contribution >= 0.6 is 0 Å². The molecule has 0 saturated carbocycles. The molecular formula is C21H30OSiSn. The molecule has 3 heteroatoms. The van der Waals surface area contributed by atoms with Gasteiger partial charge in [-0.3, -0.25) is 0 Å². The topological polar surface area (TPSA) is 9.23 Å². The first-order chi connectivity index (χ1) is 11.4. The van der Waals surface area contributed by atoms with E-state index in [1.165, 1.54) is 10.4 Å². The van der Waals surface area contributed by atoms with Gasteiger partial charge < -0.3 is 4.43 Å². The zero-order valence-corrected chi connectivity index (χ0v) is 19.5. The van der Waals surface area contributed by atoms with E-state index in [-0.39, 0.29) is 5.60 Å². The first-order valence-electron chi connectivity index (χ1n) is 8.40. The first-order valence-corrected chi connectivity index (χ1v) is 18.4. The van der Waals surface area contributed by atoms with E-state index in [1.54, 1.807) is 0 Å². The Morgan fingerprint density at radius 3 is 1.62 bits per heavy atom. The van der Waals surface area contributed by atoms with Gasteiger partial charge in [-0.1, -0.05) is 66.7 Å². The summed E-state index contributed by atoms with van der Waals surface area (Å²) >= 11 is -0.543. The minimum absolute atomic E-state index is 0.193. The predicted octanol–water partition coefficient (Wildman–Crippen LogP) is 4.53. The summed E-state index contributed by atoms with van der Waals surface area (Å²) < 4.78 is 6.48. The van der Waals surface area contributed by atoms with Crippen molar-refractivity contribution < 1.29 is 4.43 Å². The third-order valence-electron chi connectivity index (χ3n) is 3.09. The van der Waals surface area contributed by atoms with Crippen LogP contribution in [0.2, 0.25) is 14.8 Å². The van der Waals surface area contributed by atoms with Crippen LogP contribution in [0.4, 0.5) is 0 Å². The minimum atomic E-state index is -1.23. The van der Waals surface area contributed by atoms with Gasteiger partial charge in [0.05, 0.1) is 5.60 Å². The first kappa shape index (κ1) is 21.2. The second kappa shape index (κ2) is 10.9. The van der Waals surface area contributed by atoms with E-state index >= 15 is 0 Å². The molecule has 0 amide bonds. The van der Waals surface area contributed by atoms with E-state index in [0.29, 0.717) is 0 Å². The summed E-state index contributed by atoms with van der Waals surface area (Å²) in [6.45, 7) is 8.09. The van der Waals surface area contributed by atoms with Gasteiger partial charge >= 0.3 is 34.6 Å². The van der Waals surface area contributed by atoms with Crippen LogP contribution in [-0.4, -0.2) is 34.4 Å². The predicted molar refractivity (Wildman–Crippen MR) is 111 cm³/mol. The molecule has 0 atom stereocenters. The van der Waals surface area contributed by atoms with E-state index in [9.17, 15) is 0 Å². The molecule has 0 fully saturated rings. The molecule has 0 aliphatic carbocycles. The van der Waals surface area contributed by atoms with Gasteiger partial charge in [0.1, 0.15) is 0 Å². The van der Waals surface area contributed by atoms with Crippen LogP contribution in [0.15, 0.2) is 73.3 Å². The zero-order valence-electron chi connectivity index (χ0n) is 15.7. The van der Waals surface area contributed by atoms with Crippen molar-refractivity contribution in [2.24, 2.45) is 0 Å². The summed E-state index contributed by atoms with van der Waals surface area (Å²) in [4.78, 5) is 7.09. The van der Waals surface area contributed by atoms with E-state index in [4.69, 9.17) is 4.43 Å². The van der Waals surface area contributed by atoms with E-state index < -0.39 is 28.8 Å². The van der Waals surface area contributed by atoms with Gasteiger partial charge in [0.2, 0.25) is 0 Å². The van der Waals surface area contributed by atoms with E-state index in [2.05, 4.69) is 83.8 Å². The Kier molecular flexibility index (Phi) is 9.63. The molecular weight excluding hydrogens is 415 g/mol. The summed E-state index contributed by atoms with van der Waals surface area (Å²) in [7, 11) is -1.23. The molecule has 0 N–H and O–H groups in total. The van der Waals surface area contributed by atoms with E-state index in [0.717, 1.165) is 6.42 Å². The van der Waals surface area contributed by atoms with Crippen molar-refractivity contribution in [3.05, 3.63) is 73.3 Å². The molecule has 0 aromatic heterocycles. The summed E-state index contributed by atoms with van der Waals surface area (Å²) in [5, 5.41) is 2.56. The molecule has 24 heavy (non-hydrogen) atoms. The van der Waals surface area contributed by atoms with Crippen LogP contribution in [0.25, 0.3) is 0 Å². The SMILES string of the molecule is C=CCC(C)(C)O[Si](c1ccccc1)c1ccccc1.[CH3][Sn]([CH3])[CH3]. The van der Waals surface area contributed by atoms with Crippen molar-refractivity contribution >= 4 is 39.2 Å². The summed E-state index contributed by atoms with van der Waals surface area (Å²) in [6.07, 6.45) is 2.77. The molecule has 0 heterocycles. The molecule has 1 nitrogen and oxygen atoms in total. The fourth-order valence-corrected chi connectivity index (χ4v) is 4.32. The molecule has 2 aromatic rings. The molecule has 0 aliphatic rings. The normalized spacial score (nSPS) is 11.1. The summed E-state index contributed by atoms with van der Waals surface area (Å²) in [6, 6.07) is 21.0. The summed E-state index contributed by atoms with van der Waals surface area (Å²) in [5.74, 6) is 0. The third-order valence-corrected chi connectivity index (χ3v) is 5.56. The van der Waals surface area contributed by atoms with Crippen molar-refractivity contribution in [3.63, 3.8) is 0 Å². The average Bonchev–Trinajstić information content (AvgIpc) is 2.54. The van der Waals surface area contributed by atoms with Gasteiger partial charge in [0, 0.05) is 0 Å². The Hall–Kier alpha value is -0.844. The molecule has 2 radical (unpaired) electrons. The number of rotatable bonds is 6. The van der Waals surface area contributed by atoms with Crippen LogP contribution < -0.4 is 10.4 Å². The maximum atomic E-state index is 6.48. The van der Waals surface area contributed by atoms with Crippen LogP contribution in [0.3, 0.4) is 0 Å². The Balaban J connectivity index is 0.000000648. The Bertz CT molecular complexity index is 539. The molecule has 0 spiro atoms. The van der Waals surface area contributed by atoms with Gasteiger partial charge in [0.25, 0.3) is 9.04 Å². The fraction of sp³-hybridized carbons (Fsp3) is 0.333. The molecule has 0 saturated heterocycles. The second-order valence-electron chi connectivity index (χ2n) is 6.92. The molecule has 0 bridgehead atoms. The number of hydrogen-bond acceptors (Lipinski definition) is 1. The van der Waals surface area contributed by atoms with Crippen LogP contribution in [-0.2, 0) is 4.43 Å². The van der Waals surface area contributed by atoms with Crippen molar-refractivity contribution in [2.45, 2.75) is 40.7 Å². The average molecular weight is 445 g/mol. The third kappa shape index (κ3) is 8.31. The summed E-state index contributed by atoms with van der Waals surface area (Å²) in [5.41, 5.74) is -0.193. The molecule has 2 rings (SSSR count). The standard InChI is InChI=1S/C18H21OSi.3CH3.Sn/c1-4-15-18(2,3)19-20(16-11-7-5-8-12-16)17-13-9-6-10-14-17;;;;/h4-14H,1,15H2,2-3H3;3*1H3;. The fourth-order valence-electron chi connectivity index (χ4n) is 2.13. The van der Waals surface area contributed by atoms with Gasteiger partial charge in [-0.25, -0.2) is 0 Å². The van der Waals surface area contributed by atoms with Gasteiger partial charge in [-0.2, -0.15) is 0 Å². The van der Waals surface area contributed by atoms with Crippen molar-refractivity contribution in [2.75, 3.05) is 0 Å². The van der Waals surface area contributed by atoms with Crippen molar-refractivity contribution in [1.29, 1.82) is 0 Å². The number of benzene rings is 2. The molecule has 128 valence electrons. The zero-order chi connectivity index (χ0) is 18.0. The van der Waals surface area contributed by atoms with Gasteiger partial charge in [-0.15, -0.1) is 6.58 Å². The monoisotopic (exact) mass is 446 g/mol. The maximum absolute atomic E-state index is 6.48. The van der Waals surface area contributed by atoms with Gasteiger partial charge in [-0.05, 0) is 30.6 Å². The number of hydrogen-bond donors (Lipinski definition) is 0. The molecule has 0 unspecified atom stereocenters. The van der Waals surface area contributed by atoms with Crippen LogP contribution in [0.1, 0.15) is 20.3 Å². The Morgan fingerprint density at radius 1 is 0.917 bits per heavy atom. The van der Waals surface area contributed by atoms with Crippen molar-refractivity contribution in [3.8, 4) is 0 Å². The Labute approximate surface area is 157 Å². The second-order valence-corrected chi connectivity index (χ2v) is 17.5. The molecule has 0 aliphatic heterocycles. The van der Waals surface area contributed by atoms with Crippen LogP contribution in [0.5, 0.6) is 0 Å². The molecule has 2 aromatic carbocycles.